The second-order valence-corrected chi connectivity index (χ2v) is 7.24. The number of benzene rings is 2. The van der Waals surface area contributed by atoms with Crippen LogP contribution in [0.1, 0.15) is 34.3 Å². The van der Waals surface area contributed by atoms with E-state index in [9.17, 15) is 14.7 Å². The number of hydrogen-bond donors (Lipinski definition) is 3. The lowest BCUT2D eigenvalue weighted by Gasteiger charge is -2.30. The van der Waals surface area contributed by atoms with Crippen LogP contribution in [0.25, 0.3) is 0 Å². The normalized spacial score (nSPS) is 16.5. The van der Waals surface area contributed by atoms with E-state index in [1.807, 2.05) is 38.1 Å². The van der Waals surface area contributed by atoms with Gasteiger partial charge in [-0.05, 0) is 56.0 Å². The van der Waals surface area contributed by atoms with E-state index in [0.717, 1.165) is 29.7 Å². The maximum atomic E-state index is 12.9. The number of hydrogen-bond acceptors (Lipinski definition) is 4. The summed E-state index contributed by atoms with van der Waals surface area (Å²) in [4.78, 5) is 26.9. The van der Waals surface area contributed by atoms with Gasteiger partial charge in [-0.15, -0.1) is 0 Å². The van der Waals surface area contributed by atoms with E-state index in [1.54, 1.807) is 23.1 Å². The van der Waals surface area contributed by atoms with Crippen LogP contribution in [0.2, 0.25) is 0 Å². The maximum absolute atomic E-state index is 12.9. The van der Waals surface area contributed by atoms with Crippen LogP contribution < -0.4 is 10.6 Å². The van der Waals surface area contributed by atoms with Gasteiger partial charge in [0, 0.05) is 24.5 Å². The molecule has 1 aliphatic heterocycles. The minimum atomic E-state index is -0.471. The van der Waals surface area contributed by atoms with Gasteiger partial charge in [-0.3, -0.25) is 9.59 Å². The summed E-state index contributed by atoms with van der Waals surface area (Å²) in [7, 11) is 0. The minimum absolute atomic E-state index is 0.0559. The Kier molecular flexibility index (Phi) is 6.31. The molecule has 1 atom stereocenters. The van der Waals surface area contributed by atoms with Crippen molar-refractivity contribution in [2.75, 3.05) is 30.3 Å². The fraction of sp³-hybridized carbons (Fsp3) is 0.364. The molecule has 6 heteroatoms. The Balaban J connectivity index is 1.65. The molecule has 1 saturated heterocycles. The molecule has 0 saturated carbocycles. The molecule has 1 unspecified atom stereocenters. The van der Waals surface area contributed by atoms with Crippen molar-refractivity contribution in [3.63, 3.8) is 0 Å². The number of rotatable bonds is 5. The van der Waals surface area contributed by atoms with E-state index in [4.69, 9.17) is 0 Å². The van der Waals surface area contributed by atoms with Gasteiger partial charge >= 0.3 is 0 Å². The molecular formula is C22H27N3O3. The lowest BCUT2D eigenvalue weighted by Crippen LogP contribution is -2.42. The largest absolute Gasteiger partial charge is 0.391 e. The molecule has 2 aromatic rings. The van der Waals surface area contributed by atoms with E-state index in [1.165, 1.54) is 0 Å². The molecule has 1 heterocycles. The zero-order chi connectivity index (χ0) is 20.1. The molecule has 1 fully saturated rings. The van der Waals surface area contributed by atoms with Gasteiger partial charge in [0.25, 0.3) is 5.91 Å². The van der Waals surface area contributed by atoms with Crippen molar-refractivity contribution in [2.24, 2.45) is 0 Å². The molecule has 28 heavy (non-hydrogen) atoms. The number of carbonyl (C=O) groups excluding carboxylic acids is 2. The highest BCUT2D eigenvalue weighted by atomic mass is 16.3. The van der Waals surface area contributed by atoms with E-state index in [2.05, 4.69) is 10.6 Å². The van der Waals surface area contributed by atoms with Gasteiger partial charge in [0.15, 0.2) is 0 Å². The zero-order valence-corrected chi connectivity index (χ0v) is 16.4. The minimum Gasteiger partial charge on any atom is -0.391 e. The van der Waals surface area contributed by atoms with Crippen LogP contribution in [0.3, 0.4) is 0 Å². The molecule has 0 aromatic heterocycles. The Morgan fingerprint density at radius 3 is 2.64 bits per heavy atom. The van der Waals surface area contributed by atoms with Crippen molar-refractivity contribution >= 4 is 23.2 Å². The van der Waals surface area contributed by atoms with E-state index in [-0.39, 0.29) is 18.4 Å². The highest BCUT2D eigenvalue weighted by Gasteiger charge is 2.24. The first-order valence-electron chi connectivity index (χ1n) is 9.62. The molecule has 148 valence electrons. The number of aryl methyl sites for hydroxylation is 1. The van der Waals surface area contributed by atoms with E-state index in [0.29, 0.717) is 24.3 Å². The summed E-state index contributed by atoms with van der Waals surface area (Å²) >= 11 is 0. The maximum Gasteiger partial charge on any atom is 0.256 e. The Hall–Kier alpha value is -2.86. The summed E-state index contributed by atoms with van der Waals surface area (Å²) in [5, 5.41) is 15.8. The number of carbonyl (C=O) groups is 2. The van der Waals surface area contributed by atoms with Crippen molar-refractivity contribution < 1.29 is 14.7 Å². The molecule has 3 rings (SSSR count). The third-order valence-corrected chi connectivity index (χ3v) is 5.16. The Labute approximate surface area is 165 Å². The van der Waals surface area contributed by atoms with Gasteiger partial charge in [0.2, 0.25) is 5.91 Å². The van der Waals surface area contributed by atoms with Gasteiger partial charge < -0.3 is 20.6 Å². The van der Waals surface area contributed by atoms with Crippen molar-refractivity contribution in [3.05, 3.63) is 59.2 Å². The number of β-amino-alcohol motifs (C(OH)–C–C–N with tert-alkyl or cyclic N) is 1. The summed E-state index contributed by atoms with van der Waals surface area (Å²) in [5.41, 5.74) is 4.07. The first kappa shape index (κ1) is 19.9. The lowest BCUT2D eigenvalue weighted by molar-refractivity contribution is -0.114. The molecule has 6 nitrogen and oxygen atoms in total. The average molecular weight is 381 g/mol. The van der Waals surface area contributed by atoms with E-state index >= 15 is 0 Å². The number of anilines is 2. The number of piperidine rings is 1. The van der Waals surface area contributed by atoms with Crippen LogP contribution in [0.15, 0.2) is 42.5 Å². The van der Waals surface area contributed by atoms with Crippen LogP contribution >= 0.6 is 0 Å². The number of amides is 2. The first-order chi connectivity index (χ1) is 13.5. The van der Waals surface area contributed by atoms with Gasteiger partial charge in [-0.25, -0.2) is 0 Å². The topological polar surface area (TPSA) is 81.7 Å². The molecule has 1 aliphatic rings. The van der Waals surface area contributed by atoms with Crippen LogP contribution in [-0.4, -0.2) is 47.6 Å². The molecular weight excluding hydrogens is 354 g/mol. The monoisotopic (exact) mass is 381 g/mol. The Morgan fingerprint density at radius 2 is 1.86 bits per heavy atom. The number of aliphatic hydroxyl groups is 1. The molecule has 0 aliphatic carbocycles. The van der Waals surface area contributed by atoms with Crippen LogP contribution in [0, 0.1) is 13.8 Å². The molecule has 2 amide bonds. The third-order valence-electron chi connectivity index (χ3n) is 5.16. The summed E-state index contributed by atoms with van der Waals surface area (Å²) in [6, 6.07) is 12.9. The number of nitrogens with one attached hydrogen (secondary N) is 2. The first-order valence-corrected chi connectivity index (χ1v) is 9.62. The highest BCUT2D eigenvalue weighted by molar-refractivity contribution is 6.01. The Bertz CT molecular complexity index is 866. The number of likely N-dealkylation sites (tertiary alicyclic amines) is 1. The lowest BCUT2D eigenvalue weighted by atomic mass is 10.1. The van der Waals surface area contributed by atoms with Crippen molar-refractivity contribution in [1.29, 1.82) is 0 Å². The quantitative estimate of drug-likeness (QED) is 0.744. The van der Waals surface area contributed by atoms with E-state index < -0.39 is 6.10 Å². The molecule has 2 aromatic carbocycles. The summed E-state index contributed by atoms with van der Waals surface area (Å²) in [6.07, 6.45) is 1.05. The molecule has 3 N–H and O–H groups in total. The van der Waals surface area contributed by atoms with Crippen LogP contribution in [-0.2, 0) is 4.79 Å². The predicted octanol–water partition coefficient (Wildman–Crippen LogP) is 2.95. The van der Waals surface area contributed by atoms with Gasteiger partial charge in [-0.1, -0.05) is 24.3 Å². The molecule has 0 spiro atoms. The van der Waals surface area contributed by atoms with Gasteiger partial charge in [0.05, 0.1) is 18.2 Å². The predicted molar refractivity (Wildman–Crippen MR) is 111 cm³/mol. The highest BCUT2D eigenvalue weighted by Crippen LogP contribution is 2.21. The van der Waals surface area contributed by atoms with Gasteiger partial charge in [0.1, 0.15) is 0 Å². The van der Waals surface area contributed by atoms with Crippen molar-refractivity contribution in [3.8, 4) is 0 Å². The molecule has 0 radical (unpaired) electrons. The number of para-hydroxylation sites is 1. The fourth-order valence-electron chi connectivity index (χ4n) is 3.39. The second kappa shape index (κ2) is 8.89. The van der Waals surface area contributed by atoms with Crippen LogP contribution in [0.4, 0.5) is 11.4 Å². The van der Waals surface area contributed by atoms with Crippen molar-refractivity contribution in [2.45, 2.75) is 32.8 Å². The second-order valence-electron chi connectivity index (χ2n) is 7.24. The Morgan fingerprint density at radius 1 is 1.11 bits per heavy atom. The summed E-state index contributed by atoms with van der Waals surface area (Å²) < 4.78 is 0. The number of aliphatic hydroxyl groups excluding tert-OH is 1. The standard InChI is InChI=1S/C22H27N3O3/c1-15-7-5-11-19(16(15)2)24-21(27)13-23-20-10-4-3-9-18(20)22(28)25-12-6-8-17(26)14-25/h3-5,7,9-11,17,23,26H,6,8,12-14H2,1-2H3,(H,24,27). The summed E-state index contributed by atoms with van der Waals surface area (Å²) in [6.45, 7) is 5.01. The SMILES string of the molecule is Cc1cccc(NC(=O)CNc2ccccc2C(=O)N2CCCC(O)C2)c1C. The number of nitrogens with zero attached hydrogens (tertiary/aromatic N) is 1. The third kappa shape index (κ3) is 4.70. The smallest absolute Gasteiger partial charge is 0.256 e. The summed E-state index contributed by atoms with van der Waals surface area (Å²) in [5.74, 6) is -0.305. The zero-order valence-electron chi connectivity index (χ0n) is 16.4. The van der Waals surface area contributed by atoms with Gasteiger partial charge in [-0.2, -0.15) is 0 Å². The van der Waals surface area contributed by atoms with Crippen LogP contribution in [0.5, 0.6) is 0 Å². The molecule has 0 bridgehead atoms. The fourth-order valence-corrected chi connectivity index (χ4v) is 3.39. The van der Waals surface area contributed by atoms with Crippen molar-refractivity contribution in [1.82, 2.24) is 4.90 Å². The average Bonchev–Trinajstić information content (AvgIpc) is 2.69.